The molecule has 0 aliphatic heterocycles. The lowest BCUT2D eigenvalue weighted by Crippen LogP contribution is -2.15. The summed E-state index contributed by atoms with van der Waals surface area (Å²) in [6, 6.07) is 10.6. The second-order valence-corrected chi connectivity index (χ2v) is 8.28. The summed E-state index contributed by atoms with van der Waals surface area (Å²) >= 11 is 0. The number of carbonyl (C=O) groups is 1. The molecule has 0 aliphatic rings. The van der Waals surface area contributed by atoms with Gasteiger partial charge < -0.3 is 15.2 Å². The molecule has 0 saturated carbocycles. The van der Waals surface area contributed by atoms with E-state index in [9.17, 15) is 22.7 Å². The third-order valence-electron chi connectivity index (χ3n) is 4.01. The van der Waals surface area contributed by atoms with Gasteiger partial charge in [-0.1, -0.05) is 6.92 Å². The molecule has 2 N–H and O–H groups in total. The minimum atomic E-state index is -3.49. The molecule has 0 saturated heterocycles. The molecule has 1 amide bonds. The number of amides is 1. The van der Waals surface area contributed by atoms with Gasteiger partial charge >= 0.3 is 0 Å². The maximum absolute atomic E-state index is 12.9. The van der Waals surface area contributed by atoms with Crippen molar-refractivity contribution in [3.8, 4) is 11.5 Å². The molecular weight excluding hydrogens is 401 g/mol. The number of nitrogens with one attached hydrogen (secondary N) is 1. The number of aromatic hydroxyl groups is 1. The molecule has 1 aromatic heterocycles. The first-order chi connectivity index (χ1) is 13.8. The van der Waals surface area contributed by atoms with Gasteiger partial charge in [0.15, 0.2) is 22.3 Å². The molecular formula is C19H18FN3O5S. The Kier molecular flexibility index (Phi) is 5.83. The standard InChI is InChI=1S/C19H18FN3O5S/c1-2-29(26,27)15-7-8-18(24)17(11-15)21-19(25)16-9-10-23(22-16)12-28-14-5-3-13(20)4-6-14/h3-11,24H,2,12H2,1H3,(H,21,25). The van der Waals surface area contributed by atoms with Gasteiger partial charge in [-0.25, -0.2) is 17.5 Å². The summed E-state index contributed by atoms with van der Waals surface area (Å²) in [5.41, 5.74) is -0.00232. The molecule has 152 valence electrons. The van der Waals surface area contributed by atoms with Crippen LogP contribution in [0.25, 0.3) is 0 Å². The van der Waals surface area contributed by atoms with Gasteiger partial charge in [0.05, 0.1) is 16.3 Å². The van der Waals surface area contributed by atoms with Crippen molar-refractivity contribution < 1.29 is 27.4 Å². The van der Waals surface area contributed by atoms with Gasteiger partial charge in [-0.15, -0.1) is 0 Å². The van der Waals surface area contributed by atoms with E-state index in [1.54, 1.807) is 0 Å². The summed E-state index contributed by atoms with van der Waals surface area (Å²) in [7, 11) is -3.49. The first kappa shape index (κ1) is 20.3. The van der Waals surface area contributed by atoms with E-state index in [4.69, 9.17) is 4.74 Å². The molecule has 1 heterocycles. The Balaban J connectivity index is 1.69. The lowest BCUT2D eigenvalue weighted by atomic mass is 10.3. The van der Waals surface area contributed by atoms with E-state index in [-0.39, 0.29) is 40.3 Å². The fourth-order valence-electron chi connectivity index (χ4n) is 2.39. The number of ether oxygens (including phenoxy) is 1. The molecule has 0 spiro atoms. The second kappa shape index (κ2) is 8.31. The molecule has 0 fully saturated rings. The number of benzene rings is 2. The SMILES string of the molecule is CCS(=O)(=O)c1ccc(O)c(NC(=O)c2ccn(COc3ccc(F)cc3)n2)c1. The molecule has 0 radical (unpaired) electrons. The zero-order valence-corrected chi connectivity index (χ0v) is 16.2. The van der Waals surface area contributed by atoms with Crippen molar-refractivity contribution in [1.82, 2.24) is 9.78 Å². The van der Waals surface area contributed by atoms with Crippen LogP contribution >= 0.6 is 0 Å². The number of nitrogens with zero attached hydrogens (tertiary/aromatic N) is 2. The van der Waals surface area contributed by atoms with Crippen LogP contribution in [0.3, 0.4) is 0 Å². The molecule has 29 heavy (non-hydrogen) atoms. The van der Waals surface area contributed by atoms with Gasteiger partial charge in [-0.05, 0) is 48.5 Å². The molecule has 0 atom stereocenters. The van der Waals surface area contributed by atoms with E-state index in [1.807, 2.05) is 0 Å². The van der Waals surface area contributed by atoms with Crippen molar-refractivity contribution in [2.45, 2.75) is 18.6 Å². The number of phenols is 1. The number of sulfone groups is 1. The molecule has 8 nitrogen and oxygen atoms in total. The second-order valence-electron chi connectivity index (χ2n) is 6.00. The highest BCUT2D eigenvalue weighted by Crippen LogP contribution is 2.27. The van der Waals surface area contributed by atoms with Crippen molar-refractivity contribution in [2.75, 3.05) is 11.1 Å². The summed E-state index contributed by atoms with van der Waals surface area (Å²) in [6.07, 6.45) is 1.51. The fraction of sp³-hybridized carbons (Fsp3) is 0.158. The Hall–Kier alpha value is -3.40. The largest absolute Gasteiger partial charge is 0.506 e. The number of hydrogen-bond donors (Lipinski definition) is 2. The molecule has 3 rings (SSSR count). The number of rotatable bonds is 7. The van der Waals surface area contributed by atoms with Crippen molar-refractivity contribution in [3.05, 3.63) is 66.2 Å². The summed E-state index contributed by atoms with van der Waals surface area (Å²) in [6.45, 7) is 1.50. The van der Waals surface area contributed by atoms with Crippen LogP contribution in [0.5, 0.6) is 11.5 Å². The predicted molar refractivity (Wildman–Crippen MR) is 103 cm³/mol. The summed E-state index contributed by atoms with van der Waals surface area (Å²) in [5, 5.41) is 16.4. The number of anilines is 1. The monoisotopic (exact) mass is 419 g/mol. The summed E-state index contributed by atoms with van der Waals surface area (Å²) < 4.78 is 43.7. The topological polar surface area (TPSA) is 111 Å². The Bertz CT molecular complexity index is 1130. The number of carbonyl (C=O) groups excluding carboxylic acids is 1. The highest BCUT2D eigenvalue weighted by atomic mass is 32.2. The minimum Gasteiger partial charge on any atom is -0.506 e. The zero-order chi connectivity index (χ0) is 21.0. The summed E-state index contributed by atoms with van der Waals surface area (Å²) in [5.74, 6) is -0.954. The van der Waals surface area contributed by atoms with Crippen LogP contribution in [0.4, 0.5) is 10.1 Å². The maximum Gasteiger partial charge on any atom is 0.276 e. The number of hydrogen-bond acceptors (Lipinski definition) is 6. The Morgan fingerprint density at radius 1 is 1.21 bits per heavy atom. The Labute approximate surface area is 166 Å². The first-order valence-electron chi connectivity index (χ1n) is 8.57. The lowest BCUT2D eigenvalue weighted by molar-refractivity contribution is 0.101. The van der Waals surface area contributed by atoms with Gasteiger partial charge in [0.1, 0.15) is 17.3 Å². The minimum absolute atomic E-state index is 0.00556. The van der Waals surface area contributed by atoms with Crippen LogP contribution in [0.2, 0.25) is 0 Å². The number of halogens is 1. The van der Waals surface area contributed by atoms with Crippen LogP contribution in [0.1, 0.15) is 17.4 Å². The van der Waals surface area contributed by atoms with Crippen LogP contribution < -0.4 is 10.1 Å². The zero-order valence-electron chi connectivity index (χ0n) is 15.4. The van der Waals surface area contributed by atoms with Gasteiger partial charge in [0.25, 0.3) is 5.91 Å². The highest BCUT2D eigenvalue weighted by Gasteiger charge is 2.17. The van der Waals surface area contributed by atoms with Crippen LogP contribution in [-0.2, 0) is 16.6 Å². The van der Waals surface area contributed by atoms with E-state index >= 15 is 0 Å². The number of phenolic OH excluding ortho intramolecular Hbond substituents is 1. The Morgan fingerprint density at radius 2 is 1.93 bits per heavy atom. The van der Waals surface area contributed by atoms with Crippen LogP contribution in [-0.4, -0.2) is 35.0 Å². The third kappa shape index (κ3) is 4.91. The predicted octanol–water partition coefficient (Wildman–Crippen LogP) is 2.81. The van der Waals surface area contributed by atoms with Crippen molar-refractivity contribution in [1.29, 1.82) is 0 Å². The Morgan fingerprint density at radius 3 is 2.62 bits per heavy atom. The van der Waals surface area contributed by atoms with E-state index < -0.39 is 15.7 Å². The van der Waals surface area contributed by atoms with Gasteiger partial charge in [-0.2, -0.15) is 5.10 Å². The van der Waals surface area contributed by atoms with E-state index in [2.05, 4.69) is 10.4 Å². The van der Waals surface area contributed by atoms with Crippen molar-refractivity contribution in [2.24, 2.45) is 0 Å². The normalized spacial score (nSPS) is 11.2. The fourth-order valence-corrected chi connectivity index (χ4v) is 3.29. The molecule has 0 aliphatic carbocycles. The van der Waals surface area contributed by atoms with Gasteiger partial charge in [0.2, 0.25) is 0 Å². The van der Waals surface area contributed by atoms with Crippen molar-refractivity contribution in [3.63, 3.8) is 0 Å². The average molecular weight is 419 g/mol. The maximum atomic E-state index is 12.9. The average Bonchev–Trinajstić information content (AvgIpc) is 3.18. The van der Waals surface area contributed by atoms with Gasteiger partial charge in [0, 0.05) is 6.20 Å². The van der Waals surface area contributed by atoms with Crippen molar-refractivity contribution >= 4 is 21.4 Å². The van der Waals surface area contributed by atoms with Crippen LogP contribution in [0.15, 0.2) is 59.6 Å². The van der Waals surface area contributed by atoms with Crippen LogP contribution in [0, 0.1) is 5.82 Å². The van der Waals surface area contributed by atoms with E-state index in [0.29, 0.717) is 5.75 Å². The van der Waals surface area contributed by atoms with Gasteiger partial charge in [-0.3, -0.25) is 4.79 Å². The summed E-state index contributed by atoms with van der Waals surface area (Å²) in [4.78, 5) is 12.4. The molecule has 10 heteroatoms. The number of aromatic nitrogens is 2. The first-order valence-corrected chi connectivity index (χ1v) is 10.2. The van der Waals surface area contributed by atoms with E-state index in [0.717, 1.165) is 0 Å². The highest BCUT2D eigenvalue weighted by molar-refractivity contribution is 7.91. The third-order valence-corrected chi connectivity index (χ3v) is 5.74. The van der Waals surface area contributed by atoms with E-state index in [1.165, 1.54) is 66.3 Å². The molecule has 2 aromatic carbocycles. The quantitative estimate of drug-likeness (QED) is 0.570. The molecule has 3 aromatic rings. The molecule has 0 bridgehead atoms. The lowest BCUT2D eigenvalue weighted by Gasteiger charge is -2.09. The molecule has 0 unspecified atom stereocenters. The smallest absolute Gasteiger partial charge is 0.276 e.